The zero-order chi connectivity index (χ0) is 19.7. The summed E-state index contributed by atoms with van der Waals surface area (Å²) in [6.45, 7) is 2.67. The molecule has 0 bridgehead atoms. The van der Waals surface area contributed by atoms with Gasteiger partial charge in [-0.15, -0.1) is 11.3 Å². The molecular formula is C21H19ClN2O3S. The number of aryl methyl sites for hydroxylation is 1. The van der Waals surface area contributed by atoms with Crippen molar-refractivity contribution in [1.82, 2.24) is 9.88 Å². The van der Waals surface area contributed by atoms with E-state index in [1.54, 1.807) is 11.9 Å². The highest BCUT2D eigenvalue weighted by Crippen LogP contribution is 2.34. The molecular weight excluding hydrogens is 396 g/mol. The van der Waals surface area contributed by atoms with Gasteiger partial charge >= 0.3 is 0 Å². The van der Waals surface area contributed by atoms with Crippen LogP contribution in [0.15, 0.2) is 48.5 Å². The van der Waals surface area contributed by atoms with Gasteiger partial charge in [-0.1, -0.05) is 41.9 Å². The van der Waals surface area contributed by atoms with E-state index in [1.165, 1.54) is 11.3 Å². The van der Waals surface area contributed by atoms with Gasteiger partial charge in [-0.3, -0.25) is 4.79 Å². The molecule has 0 spiro atoms. The predicted octanol–water partition coefficient (Wildman–Crippen LogP) is 4.68. The van der Waals surface area contributed by atoms with Crippen LogP contribution in [0.5, 0.6) is 11.5 Å². The van der Waals surface area contributed by atoms with Gasteiger partial charge in [-0.2, -0.15) is 0 Å². The number of rotatable bonds is 4. The molecule has 2 heterocycles. The van der Waals surface area contributed by atoms with E-state index in [9.17, 15) is 4.79 Å². The summed E-state index contributed by atoms with van der Waals surface area (Å²) in [7, 11) is 1.76. The van der Waals surface area contributed by atoms with Gasteiger partial charge < -0.3 is 14.4 Å². The Balaban J connectivity index is 1.48. The van der Waals surface area contributed by atoms with Gasteiger partial charge in [0.2, 0.25) is 0 Å². The van der Waals surface area contributed by atoms with Crippen molar-refractivity contribution in [2.75, 3.05) is 20.2 Å². The molecule has 3 aromatic rings. The van der Waals surface area contributed by atoms with Crippen molar-refractivity contribution in [2.45, 2.75) is 13.0 Å². The van der Waals surface area contributed by atoms with Crippen molar-refractivity contribution < 1.29 is 14.3 Å². The van der Waals surface area contributed by atoms with Crippen LogP contribution in [0.2, 0.25) is 5.02 Å². The van der Waals surface area contributed by atoms with Crippen LogP contribution < -0.4 is 9.47 Å². The zero-order valence-corrected chi connectivity index (χ0v) is 17.1. The lowest BCUT2D eigenvalue weighted by atomic mass is 10.2. The van der Waals surface area contributed by atoms with E-state index < -0.39 is 0 Å². The first-order valence-electron chi connectivity index (χ1n) is 8.89. The summed E-state index contributed by atoms with van der Waals surface area (Å²) in [6, 6.07) is 15.0. The lowest BCUT2D eigenvalue weighted by Crippen LogP contribution is -2.41. The van der Waals surface area contributed by atoms with Crippen molar-refractivity contribution in [3.05, 3.63) is 64.1 Å². The Bertz CT molecular complexity index is 1020. The predicted molar refractivity (Wildman–Crippen MR) is 111 cm³/mol. The molecule has 2 aromatic carbocycles. The first-order chi connectivity index (χ1) is 13.5. The van der Waals surface area contributed by atoms with E-state index in [1.807, 2.05) is 55.5 Å². The number of aromatic nitrogens is 1. The topological polar surface area (TPSA) is 51.7 Å². The van der Waals surface area contributed by atoms with Crippen LogP contribution in [0.25, 0.3) is 10.6 Å². The SMILES string of the molecule is Cc1nc(-c2ccccc2Cl)sc1C(=O)N(C)C[C@@H]1COc2ccccc2O1. The molecule has 1 aromatic heterocycles. The minimum atomic E-state index is -0.222. The standard InChI is InChI=1S/C21H19ClN2O3S/c1-13-19(28-20(23-13)15-7-3-4-8-16(15)22)21(25)24(2)11-14-12-26-17-9-5-6-10-18(17)27-14/h3-10,14H,11-12H2,1-2H3/t14-/m1/s1. The molecule has 0 saturated heterocycles. The lowest BCUT2D eigenvalue weighted by Gasteiger charge is -2.29. The highest BCUT2D eigenvalue weighted by atomic mass is 35.5. The summed E-state index contributed by atoms with van der Waals surface area (Å²) in [4.78, 5) is 19.8. The zero-order valence-electron chi connectivity index (χ0n) is 15.5. The van der Waals surface area contributed by atoms with Gasteiger partial charge in [-0.25, -0.2) is 4.98 Å². The number of fused-ring (bicyclic) bond motifs is 1. The number of benzene rings is 2. The number of hydrogen-bond acceptors (Lipinski definition) is 5. The smallest absolute Gasteiger partial charge is 0.265 e. The third-order valence-electron chi connectivity index (χ3n) is 4.49. The van der Waals surface area contributed by atoms with Crippen molar-refractivity contribution in [1.29, 1.82) is 0 Å². The normalized spacial score (nSPS) is 15.3. The Labute approximate surface area is 172 Å². The maximum atomic E-state index is 13.0. The van der Waals surface area contributed by atoms with E-state index in [0.717, 1.165) is 16.3 Å². The van der Waals surface area contributed by atoms with Crippen molar-refractivity contribution in [3.63, 3.8) is 0 Å². The summed E-state index contributed by atoms with van der Waals surface area (Å²) in [5, 5.41) is 1.36. The molecule has 0 saturated carbocycles. The number of nitrogens with zero attached hydrogens (tertiary/aromatic N) is 2. The second kappa shape index (κ2) is 7.81. The fraction of sp³-hybridized carbons (Fsp3) is 0.238. The third kappa shape index (κ3) is 3.70. The number of amides is 1. The summed E-state index contributed by atoms with van der Waals surface area (Å²) >= 11 is 7.63. The Morgan fingerprint density at radius 2 is 1.93 bits per heavy atom. The number of likely N-dealkylation sites (N-methyl/N-ethyl adjacent to an activating group) is 1. The fourth-order valence-electron chi connectivity index (χ4n) is 3.06. The first-order valence-corrected chi connectivity index (χ1v) is 10.1. The molecule has 0 aliphatic carbocycles. The second-order valence-corrected chi connectivity index (χ2v) is 8.00. The number of carbonyl (C=O) groups is 1. The lowest BCUT2D eigenvalue weighted by molar-refractivity contribution is 0.0523. The van der Waals surface area contributed by atoms with Crippen LogP contribution in [-0.4, -0.2) is 42.1 Å². The largest absolute Gasteiger partial charge is 0.486 e. The van der Waals surface area contributed by atoms with Crippen LogP contribution >= 0.6 is 22.9 Å². The third-order valence-corrected chi connectivity index (χ3v) is 6.00. The van der Waals surface area contributed by atoms with E-state index >= 15 is 0 Å². The Kier molecular flexibility index (Phi) is 5.24. The van der Waals surface area contributed by atoms with Gasteiger partial charge in [0.1, 0.15) is 16.5 Å². The van der Waals surface area contributed by atoms with Crippen molar-refractivity contribution >= 4 is 28.8 Å². The molecule has 0 N–H and O–H groups in total. The number of ether oxygens (including phenoxy) is 2. The molecule has 1 aliphatic heterocycles. The molecule has 0 radical (unpaired) electrons. The Morgan fingerprint density at radius 1 is 1.21 bits per heavy atom. The number of thiazole rings is 1. The molecule has 5 nitrogen and oxygen atoms in total. The van der Waals surface area contributed by atoms with Crippen LogP contribution in [0.3, 0.4) is 0 Å². The van der Waals surface area contributed by atoms with Crippen LogP contribution in [0.4, 0.5) is 0 Å². The highest BCUT2D eigenvalue weighted by Gasteiger charge is 2.26. The molecule has 1 amide bonds. The molecule has 1 aliphatic rings. The minimum Gasteiger partial charge on any atom is -0.486 e. The first kappa shape index (κ1) is 18.8. The number of hydrogen-bond donors (Lipinski definition) is 0. The van der Waals surface area contributed by atoms with Crippen LogP contribution in [-0.2, 0) is 0 Å². The number of halogens is 1. The fourth-order valence-corrected chi connectivity index (χ4v) is 4.44. The van der Waals surface area contributed by atoms with E-state index in [4.69, 9.17) is 21.1 Å². The second-order valence-electron chi connectivity index (χ2n) is 6.60. The molecule has 144 valence electrons. The molecule has 0 fully saturated rings. The molecule has 0 unspecified atom stereocenters. The molecule has 1 atom stereocenters. The maximum absolute atomic E-state index is 13.0. The monoisotopic (exact) mass is 414 g/mol. The van der Waals surface area contributed by atoms with Crippen molar-refractivity contribution in [3.8, 4) is 22.1 Å². The summed E-state index contributed by atoms with van der Waals surface area (Å²) in [5.41, 5.74) is 1.53. The van der Waals surface area contributed by atoms with Gasteiger partial charge in [0.25, 0.3) is 5.91 Å². The molecule has 28 heavy (non-hydrogen) atoms. The van der Waals surface area contributed by atoms with E-state index in [-0.39, 0.29) is 12.0 Å². The van der Waals surface area contributed by atoms with Gasteiger partial charge in [0.05, 0.1) is 17.3 Å². The maximum Gasteiger partial charge on any atom is 0.265 e. The van der Waals surface area contributed by atoms with Crippen LogP contribution in [0, 0.1) is 6.92 Å². The average molecular weight is 415 g/mol. The summed E-state index contributed by atoms with van der Waals surface area (Å²) in [5.74, 6) is 1.35. The van der Waals surface area contributed by atoms with Crippen molar-refractivity contribution in [2.24, 2.45) is 0 Å². The van der Waals surface area contributed by atoms with Gasteiger partial charge in [0.15, 0.2) is 17.6 Å². The van der Waals surface area contributed by atoms with E-state index in [2.05, 4.69) is 4.98 Å². The number of para-hydroxylation sites is 2. The average Bonchev–Trinajstić information content (AvgIpc) is 3.09. The van der Waals surface area contributed by atoms with Gasteiger partial charge in [-0.05, 0) is 25.1 Å². The van der Waals surface area contributed by atoms with Crippen LogP contribution in [0.1, 0.15) is 15.4 Å². The van der Waals surface area contributed by atoms with Gasteiger partial charge in [0, 0.05) is 12.6 Å². The quantitative estimate of drug-likeness (QED) is 0.621. The summed E-state index contributed by atoms with van der Waals surface area (Å²) < 4.78 is 11.7. The number of carbonyl (C=O) groups excluding carboxylic acids is 1. The highest BCUT2D eigenvalue weighted by molar-refractivity contribution is 7.17. The Morgan fingerprint density at radius 3 is 2.71 bits per heavy atom. The Hall–Kier alpha value is -2.57. The summed E-state index contributed by atoms with van der Waals surface area (Å²) in [6.07, 6.45) is -0.222. The molecule has 4 rings (SSSR count). The minimum absolute atomic E-state index is 0.0873. The molecule has 7 heteroatoms. The van der Waals surface area contributed by atoms with E-state index in [0.29, 0.717) is 34.5 Å².